The number of alkyl halides is 1. The zero-order valence-electron chi connectivity index (χ0n) is 12.1. The van der Waals surface area contributed by atoms with Crippen LogP contribution in [0.1, 0.15) is 62.1 Å². The Morgan fingerprint density at radius 1 is 1.06 bits per heavy atom. The molecule has 0 heterocycles. The monoisotopic (exact) mass is 266 g/mol. The van der Waals surface area contributed by atoms with Crippen molar-refractivity contribution in [2.75, 3.05) is 0 Å². The van der Waals surface area contributed by atoms with Crippen LogP contribution in [0, 0.1) is 13.8 Å². The summed E-state index contributed by atoms with van der Waals surface area (Å²) in [7, 11) is 0. The average Bonchev–Trinajstić information content (AvgIpc) is 2.33. The average molecular weight is 267 g/mol. The molecule has 0 saturated heterocycles. The van der Waals surface area contributed by atoms with E-state index in [1.807, 2.05) is 0 Å². The van der Waals surface area contributed by atoms with Gasteiger partial charge in [0.25, 0.3) is 0 Å². The number of halogens is 1. The van der Waals surface area contributed by atoms with Crippen LogP contribution in [0.2, 0.25) is 0 Å². The predicted molar refractivity (Wildman–Crippen MR) is 82.6 cm³/mol. The highest BCUT2D eigenvalue weighted by molar-refractivity contribution is 6.20. The molecular formula is C17H27Cl. The summed E-state index contributed by atoms with van der Waals surface area (Å²) in [6, 6.07) is 6.66. The van der Waals surface area contributed by atoms with Gasteiger partial charge in [0.2, 0.25) is 0 Å². The van der Waals surface area contributed by atoms with E-state index in [1.54, 1.807) is 0 Å². The molecule has 1 unspecified atom stereocenters. The van der Waals surface area contributed by atoms with Gasteiger partial charge in [0.05, 0.1) is 0 Å². The number of aryl methyl sites for hydroxylation is 2. The molecule has 18 heavy (non-hydrogen) atoms. The van der Waals surface area contributed by atoms with Crippen LogP contribution in [-0.4, -0.2) is 5.38 Å². The summed E-state index contributed by atoms with van der Waals surface area (Å²) in [5, 5.41) is 0.298. The molecule has 1 heteroatoms. The maximum atomic E-state index is 6.45. The zero-order chi connectivity index (χ0) is 13.4. The van der Waals surface area contributed by atoms with Gasteiger partial charge < -0.3 is 0 Å². The van der Waals surface area contributed by atoms with Crippen molar-refractivity contribution in [3.8, 4) is 0 Å². The third-order valence-electron chi connectivity index (χ3n) is 3.57. The highest BCUT2D eigenvalue weighted by atomic mass is 35.5. The largest absolute Gasteiger partial charge is 0.123 e. The first-order chi connectivity index (χ1) is 8.63. The van der Waals surface area contributed by atoms with Gasteiger partial charge in [-0.1, -0.05) is 62.8 Å². The molecule has 0 fully saturated rings. The van der Waals surface area contributed by atoms with Crippen molar-refractivity contribution in [2.24, 2.45) is 0 Å². The SMILES string of the molecule is CCCCCCCC(Cl)Cc1cc(C)ccc1C. The van der Waals surface area contributed by atoms with Crippen LogP contribution in [0.15, 0.2) is 18.2 Å². The highest BCUT2D eigenvalue weighted by Crippen LogP contribution is 2.19. The van der Waals surface area contributed by atoms with E-state index in [2.05, 4.69) is 39.0 Å². The first kappa shape index (κ1) is 15.6. The van der Waals surface area contributed by atoms with Gasteiger partial charge in [-0.2, -0.15) is 0 Å². The molecule has 0 radical (unpaired) electrons. The van der Waals surface area contributed by atoms with E-state index in [-0.39, 0.29) is 0 Å². The highest BCUT2D eigenvalue weighted by Gasteiger charge is 2.08. The maximum Gasteiger partial charge on any atom is 0.0376 e. The van der Waals surface area contributed by atoms with E-state index in [0.29, 0.717) is 5.38 Å². The Kier molecular flexibility index (Phi) is 7.42. The Bertz CT molecular complexity index is 343. The first-order valence-electron chi connectivity index (χ1n) is 7.33. The van der Waals surface area contributed by atoms with E-state index in [0.717, 1.165) is 12.8 Å². The minimum atomic E-state index is 0.298. The summed E-state index contributed by atoms with van der Waals surface area (Å²) < 4.78 is 0. The summed E-state index contributed by atoms with van der Waals surface area (Å²) in [4.78, 5) is 0. The Morgan fingerprint density at radius 3 is 2.50 bits per heavy atom. The first-order valence-corrected chi connectivity index (χ1v) is 7.77. The Hall–Kier alpha value is -0.490. The molecule has 0 spiro atoms. The van der Waals surface area contributed by atoms with Crippen LogP contribution in [0.25, 0.3) is 0 Å². The number of hydrogen-bond acceptors (Lipinski definition) is 0. The lowest BCUT2D eigenvalue weighted by Crippen LogP contribution is -2.05. The normalized spacial score (nSPS) is 12.7. The minimum absolute atomic E-state index is 0.298. The fourth-order valence-corrected chi connectivity index (χ4v) is 2.65. The summed E-state index contributed by atoms with van der Waals surface area (Å²) in [6.07, 6.45) is 8.82. The lowest BCUT2D eigenvalue weighted by molar-refractivity contribution is 0.592. The van der Waals surface area contributed by atoms with Crippen LogP contribution in [-0.2, 0) is 6.42 Å². The van der Waals surface area contributed by atoms with E-state index in [9.17, 15) is 0 Å². The molecule has 0 bridgehead atoms. The fourth-order valence-electron chi connectivity index (χ4n) is 2.33. The van der Waals surface area contributed by atoms with Crippen molar-refractivity contribution in [3.63, 3.8) is 0 Å². The molecule has 0 N–H and O–H groups in total. The molecule has 1 atom stereocenters. The maximum absolute atomic E-state index is 6.45. The van der Waals surface area contributed by atoms with Crippen LogP contribution >= 0.6 is 11.6 Å². The van der Waals surface area contributed by atoms with Crippen molar-refractivity contribution in [2.45, 2.75) is 71.1 Å². The number of hydrogen-bond donors (Lipinski definition) is 0. The molecule has 0 aliphatic carbocycles. The van der Waals surface area contributed by atoms with Crippen molar-refractivity contribution >= 4 is 11.6 Å². The number of unbranched alkanes of at least 4 members (excludes halogenated alkanes) is 4. The number of benzene rings is 1. The van der Waals surface area contributed by atoms with Crippen LogP contribution in [0.5, 0.6) is 0 Å². The molecule has 0 saturated carbocycles. The van der Waals surface area contributed by atoms with Crippen LogP contribution < -0.4 is 0 Å². The summed E-state index contributed by atoms with van der Waals surface area (Å²) in [5.41, 5.74) is 4.13. The quantitative estimate of drug-likeness (QED) is 0.411. The second-order valence-electron chi connectivity index (χ2n) is 5.43. The standard InChI is InChI=1S/C17H27Cl/c1-4-5-6-7-8-9-17(18)13-16-12-14(2)10-11-15(16)3/h10-12,17H,4-9,13H2,1-3H3. The van der Waals surface area contributed by atoms with Gasteiger partial charge in [-0.3, -0.25) is 0 Å². The lowest BCUT2D eigenvalue weighted by Gasteiger charge is -2.12. The van der Waals surface area contributed by atoms with Gasteiger partial charge in [0.1, 0.15) is 0 Å². The number of rotatable bonds is 8. The van der Waals surface area contributed by atoms with Gasteiger partial charge >= 0.3 is 0 Å². The Labute approximate surface area is 118 Å². The summed E-state index contributed by atoms with van der Waals surface area (Å²) >= 11 is 6.45. The second kappa shape index (κ2) is 8.58. The molecule has 102 valence electrons. The molecule has 0 nitrogen and oxygen atoms in total. The van der Waals surface area contributed by atoms with E-state index >= 15 is 0 Å². The Morgan fingerprint density at radius 2 is 1.78 bits per heavy atom. The smallest absolute Gasteiger partial charge is 0.0376 e. The topological polar surface area (TPSA) is 0 Å². The van der Waals surface area contributed by atoms with Gasteiger partial charge in [-0.25, -0.2) is 0 Å². The lowest BCUT2D eigenvalue weighted by atomic mass is 9.99. The third kappa shape index (κ3) is 5.91. The second-order valence-corrected chi connectivity index (χ2v) is 6.05. The predicted octanol–water partition coefficient (Wildman–Crippen LogP) is 5.81. The summed E-state index contributed by atoms with van der Waals surface area (Å²) in [6.45, 7) is 6.58. The molecule has 1 aromatic carbocycles. The molecular weight excluding hydrogens is 240 g/mol. The summed E-state index contributed by atoms with van der Waals surface area (Å²) in [5.74, 6) is 0. The molecule has 1 aromatic rings. The van der Waals surface area contributed by atoms with Gasteiger partial charge in [-0.05, 0) is 37.8 Å². The molecule has 0 amide bonds. The minimum Gasteiger partial charge on any atom is -0.123 e. The van der Waals surface area contributed by atoms with E-state index in [1.165, 1.54) is 48.8 Å². The van der Waals surface area contributed by atoms with E-state index in [4.69, 9.17) is 11.6 Å². The molecule has 0 aliphatic heterocycles. The van der Waals surface area contributed by atoms with Crippen molar-refractivity contribution in [1.29, 1.82) is 0 Å². The zero-order valence-corrected chi connectivity index (χ0v) is 12.9. The third-order valence-corrected chi connectivity index (χ3v) is 3.94. The van der Waals surface area contributed by atoms with Crippen molar-refractivity contribution in [3.05, 3.63) is 34.9 Å². The van der Waals surface area contributed by atoms with Gasteiger partial charge in [-0.15, -0.1) is 11.6 Å². The van der Waals surface area contributed by atoms with Gasteiger partial charge in [0, 0.05) is 5.38 Å². The molecule has 1 rings (SSSR count). The molecule has 0 aliphatic rings. The van der Waals surface area contributed by atoms with E-state index < -0.39 is 0 Å². The van der Waals surface area contributed by atoms with Crippen molar-refractivity contribution in [1.82, 2.24) is 0 Å². The van der Waals surface area contributed by atoms with Crippen LogP contribution in [0.4, 0.5) is 0 Å². The Balaban J connectivity index is 2.30. The molecule has 0 aromatic heterocycles. The van der Waals surface area contributed by atoms with Gasteiger partial charge in [0.15, 0.2) is 0 Å². The van der Waals surface area contributed by atoms with Crippen LogP contribution in [0.3, 0.4) is 0 Å². The van der Waals surface area contributed by atoms with Crippen molar-refractivity contribution < 1.29 is 0 Å². The fraction of sp³-hybridized carbons (Fsp3) is 0.647.